The fourth-order valence-corrected chi connectivity index (χ4v) is 2.69. The number of amides is 2. The normalized spacial score (nSPS) is 11.5. The van der Waals surface area contributed by atoms with Gasteiger partial charge in [-0.05, 0) is 25.0 Å². The number of carbonyl (C=O) groups excluding carboxylic acids is 2. The number of carbonyl (C=O) groups is 2. The summed E-state index contributed by atoms with van der Waals surface area (Å²) in [6.07, 6.45) is -0.327. The molecule has 0 radical (unpaired) electrons. The Labute approximate surface area is 163 Å². The summed E-state index contributed by atoms with van der Waals surface area (Å²) in [5, 5.41) is 11.1. The van der Waals surface area contributed by atoms with Gasteiger partial charge in [0, 0.05) is 25.6 Å². The van der Waals surface area contributed by atoms with Gasteiger partial charge in [-0.15, -0.1) is 0 Å². The molecule has 0 aromatic heterocycles. The second kappa shape index (κ2) is 10.1. The summed E-state index contributed by atoms with van der Waals surface area (Å²) in [5.41, 5.74) is 6.05. The highest BCUT2D eigenvalue weighted by Gasteiger charge is 2.25. The Hall–Kier alpha value is -3.42. The lowest BCUT2D eigenvalue weighted by atomic mass is 10.1. The van der Waals surface area contributed by atoms with E-state index in [-0.39, 0.29) is 30.3 Å². The lowest BCUT2D eigenvalue weighted by Crippen LogP contribution is -2.43. The molecule has 28 heavy (non-hydrogen) atoms. The second-order valence-electron chi connectivity index (χ2n) is 6.26. The number of nitro benzene ring substituents is 1. The third kappa shape index (κ3) is 6.08. The van der Waals surface area contributed by atoms with Gasteiger partial charge in [-0.3, -0.25) is 19.7 Å². The number of para-hydroxylation sites is 2. The largest absolute Gasteiger partial charge is 0.474 e. The SMILES string of the molecule is CC(Oc1ccccc1[N+](=O)[O-])C(=O)N(CCC(N)=O)CCc1ccccc1. The highest BCUT2D eigenvalue weighted by atomic mass is 16.6. The van der Waals surface area contributed by atoms with Crippen LogP contribution in [-0.4, -0.2) is 40.8 Å². The van der Waals surface area contributed by atoms with Crippen molar-refractivity contribution in [2.24, 2.45) is 5.73 Å². The van der Waals surface area contributed by atoms with Crippen LogP contribution in [0.25, 0.3) is 0 Å². The van der Waals surface area contributed by atoms with Gasteiger partial charge in [0.15, 0.2) is 11.9 Å². The van der Waals surface area contributed by atoms with Crippen molar-refractivity contribution in [1.82, 2.24) is 4.90 Å². The molecule has 0 bridgehead atoms. The molecule has 1 unspecified atom stereocenters. The Kier molecular flexibility index (Phi) is 7.50. The van der Waals surface area contributed by atoms with E-state index in [1.54, 1.807) is 6.07 Å². The van der Waals surface area contributed by atoms with Gasteiger partial charge in [0.2, 0.25) is 5.91 Å². The highest BCUT2D eigenvalue weighted by molar-refractivity contribution is 5.82. The lowest BCUT2D eigenvalue weighted by Gasteiger charge is -2.26. The summed E-state index contributed by atoms with van der Waals surface area (Å²) in [7, 11) is 0. The number of hydrogen-bond acceptors (Lipinski definition) is 5. The van der Waals surface area contributed by atoms with E-state index in [1.807, 2.05) is 30.3 Å². The van der Waals surface area contributed by atoms with Crippen molar-refractivity contribution < 1.29 is 19.2 Å². The Bertz CT molecular complexity index is 826. The van der Waals surface area contributed by atoms with Gasteiger partial charge in [-0.25, -0.2) is 0 Å². The first kappa shape index (κ1) is 20.9. The van der Waals surface area contributed by atoms with E-state index in [2.05, 4.69) is 0 Å². The minimum Gasteiger partial charge on any atom is -0.474 e. The molecule has 1 atom stereocenters. The molecule has 0 aliphatic rings. The molecule has 2 amide bonds. The van der Waals surface area contributed by atoms with Gasteiger partial charge < -0.3 is 15.4 Å². The van der Waals surface area contributed by atoms with Crippen LogP contribution in [0.4, 0.5) is 5.69 Å². The van der Waals surface area contributed by atoms with E-state index in [1.165, 1.54) is 30.0 Å². The minimum atomic E-state index is -0.954. The predicted octanol–water partition coefficient (Wildman–Crippen LogP) is 2.31. The first-order valence-corrected chi connectivity index (χ1v) is 8.89. The molecule has 0 spiro atoms. The second-order valence-corrected chi connectivity index (χ2v) is 6.26. The molecule has 2 rings (SSSR count). The number of hydrogen-bond donors (Lipinski definition) is 1. The summed E-state index contributed by atoms with van der Waals surface area (Å²) >= 11 is 0. The van der Waals surface area contributed by atoms with E-state index in [9.17, 15) is 19.7 Å². The molecule has 2 N–H and O–H groups in total. The number of nitrogens with two attached hydrogens (primary N) is 1. The zero-order valence-corrected chi connectivity index (χ0v) is 15.6. The number of nitrogens with zero attached hydrogens (tertiary/aromatic N) is 2. The van der Waals surface area contributed by atoms with Crippen molar-refractivity contribution in [1.29, 1.82) is 0 Å². The molecular weight excluding hydrogens is 362 g/mol. The molecule has 2 aromatic rings. The van der Waals surface area contributed by atoms with E-state index < -0.39 is 16.9 Å². The monoisotopic (exact) mass is 385 g/mol. The van der Waals surface area contributed by atoms with Gasteiger partial charge in [0.1, 0.15) is 0 Å². The Morgan fingerprint density at radius 1 is 1.11 bits per heavy atom. The van der Waals surface area contributed by atoms with Crippen LogP contribution in [0.15, 0.2) is 54.6 Å². The molecule has 8 heteroatoms. The topological polar surface area (TPSA) is 116 Å². The van der Waals surface area contributed by atoms with Crippen LogP contribution in [0.5, 0.6) is 5.75 Å². The molecule has 0 saturated carbocycles. The third-order valence-electron chi connectivity index (χ3n) is 4.17. The number of benzene rings is 2. The van der Waals surface area contributed by atoms with Crippen LogP contribution in [0.2, 0.25) is 0 Å². The van der Waals surface area contributed by atoms with Crippen LogP contribution in [-0.2, 0) is 16.0 Å². The molecule has 0 aliphatic carbocycles. The zero-order chi connectivity index (χ0) is 20.5. The first-order chi connectivity index (χ1) is 13.4. The van der Waals surface area contributed by atoms with Crippen LogP contribution in [0, 0.1) is 10.1 Å². The number of primary amides is 1. The quantitative estimate of drug-likeness (QED) is 0.498. The van der Waals surface area contributed by atoms with Crippen molar-refractivity contribution in [2.45, 2.75) is 25.9 Å². The summed E-state index contributed by atoms with van der Waals surface area (Å²) < 4.78 is 5.56. The molecule has 8 nitrogen and oxygen atoms in total. The van der Waals surface area contributed by atoms with E-state index >= 15 is 0 Å². The summed E-state index contributed by atoms with van der Waals surface area (Å²) in [4.78, 5) is 36.1. The Morgan fingerprint density at radius 3 is 2.39 bits per heavy atom. The van der Waals surface area contributed by atoms with Crippen LogP contribution >= 0.6 is 0 Å². The number of rotatable bonds is 10. The molecule has 0 heterocycles. The minimum absolute atomic E-state index is 0.0197. The first-order valence-electron chi connectivity index (χ1n) is 8.89. The molecule has 0 saturated heterocycles. The van der Waals surface area contributed by atoms with Crippen LogP contribution < -0.4 is 10.5 Å². The lowest BCUT2D eigenvalue weighted by molar-refractivity contribution is -0.386. The molecule has 0 aliphatic heterocycles. The summed E-state index contributed by atoms with van der Waals surface area (Å²) in [5.74, 6) is -0.855. The maximum absolute atomic E-state index is 12.8. The van der Waals surface area contributed by atoms with Crippen molar-refractivity contribution in [2.75, 3.05) is 13.1 Å². The summed E-state index contributed by atoms with van der Waals surface area (Å²) in [6, 6.07) is 15.5. The van der Waals surface area contributed by atoms with Gasteiger partial charge >= 0.3 is 5.69 Å². The predicted molar refractivity (Wildman–Crippen MR) is 104 cm³/mol. The Balaban J connectivity index is 2.09. The van der Waals surface area contributed by atoms with E-state index in [0.717, 1.165) is 5.56 Å². The highest BCUT2D eigenvalue weighted by Crippen LogP contribution is 2.27. The molecule has 0 fully saturated rings. The zero-order valence-electron chi connectivity index (χ0n) is 15.6. The Morgan fingerprint density at radius 2 is 1.75 bits per heavy atom. The van der Waals surface area contributed by atoms with Crippen molar-refractivity contribution >= 4 is 17.5 Å². The third-order valence-corrected chi connectivity index (χ3v) is 4.17. The molecule has 2 aromatic carbocycles. The maximum atomic E-state index is 12.8. The van der Waals surface area contributed by atoms with Gasteiger partial charge in [0.25, 0.3) is 5.91 Å². The summed E-state index contributed by atoms with van der Waals surface area (Å²) in [6.45, 7) is 2.06. The van der Waals surface area contributed by atoms with Crippen LogP contribution in [0.3, 0.4) is 0 Å². The van der Waals surface area contributed by atoms with Crippen molar-refractivity contribution in [3.8, 4) is 5.75 Å². The van der Waals surface area contributed by atoms with Crippen molar-refractivity contribution in [3.63, 3.8) is 0 Å². The average molecular weight is 385 g/mol. The standard InChI is InChI=1S/C20H23N3O5/c1-15(28-18-10-6-5-9-17(18)23(26)27)20(25)22(14-12-19(21)24)13-11-16-7-3-2-4-8-16/h2-10,15H,11-14H2,1H3,(H2,21,24). The fraction of sp³-hybridized carbons (Fsp3) is 0.300. The van der Waals surface area contributed by atoms with E-state index in [0.29, 0.717) is 13.0 Å². The fourth-order valence-electron chi connectivity index (χ4n) is 2.69. The van der Waals surface area contributed by atoms with Gasteiger partial charge in [-0.2, -0.15) is 0 Å². The molecule has 148 valence electrons. The number of nitro groups is 1. The molecular formula is C20H23N3O5. The number of ether oxygens (including phenoxy) is 1. The maximum Gasteiger partial charge on any atom is 0.310 e. The average Bonchev–Trinajstić information content (AvgIpc) is 2.68. The van der Waals surface area contributed by atoms with Crippen LogP contribution in [0.1, 0.15) is 18.9 Å². The van der Waals surface area contributed by atoms with Gasteiger partial charge in [0.05, 0.1) is 4.92 Å². The smallest absolute Gasteiger partial charge is 0.310 e. The van der Waals surface area contributed by atoms with E-state index in [4.69, 9.17) is 10.5 Å². The van der Waals surface area contributed by atoms with Crippen molar-refractivity contribution in [3.05, 3.63) is 70.3 Å². The van der Waals surface area contributed by atoms with Gasteiger partial charge in [-0.1, -0.05) is 42.5 Å².